The van der Waals surface area contributed by atoms with Crippen LogP contribution in [-0.4, -0.2) is 47.5 Å². The standard InChI is InChI=1S/C18H21N7/c1-24-13-21-10-18(24)17-9-20-8-16(23-17)14-3-2-6-25(11-14)12-15-7-19-4-5-22-15/h4-5,7-10,13-14H,2-3,6,11-12H2,1H3. The van der Waals surface area contributed by atoms with Gasteiger partial charge in [-0.2, -0.15) is 0 Å². The van der Waals surface area contributed by atoms with Gasteiger partial charge in [0, 0.05) is 50.8 Å². The molecule has 0 amide bonds. The van der Waals surface area contributed by atoms with Crippen molar-refractivity contribution < 1.29 is 0 Å². The number of piperidine rings is 1. The van der Waals surface area contributed by atoms with Gasteiger partial charge in [0.1, 0.15) is 5.69 Å². The summed E-state index contributed by atoms with van der Waals surface area (Å²) in [5.41, 5.74) is 3.94. The highest BCUT2D eigenvalue weighted by molar-refractivity contribution is 5.52. The molecule has 25 heavy (non-hydrogen) atoms. The summed E-state index contributed by atoms with van der Waals surface area (Å²) in [4.78, 5) is 24.4. The predicted octanol–water partition coefficient (Wildman–Crippen LogP) is 2.05. The molecule has 0 bridgehead atoms. The first-order chi connectivity index (χ1) is 12.3. The molecule has 7 heteroatoms. The molecule has 0 aromatic carbocycles. The second kappa shape index (κ2) is 7.06. The van der Waals surface area contributed by atoms with E-state index < -0.39 is 0 Å². The van der Waals surface area contributed by atoms with Crippen molar-refractivity contribution in [2.24, 2.45) is 7.05 Å². The van der Waals surface area contributed by atoms with Crippen molar-refractivity contribution in [3.63, 3.8) is 0 Å². The molecule has 1 aliphatic heterocycles. The SMILES string of the molecule is Cn1cncc1-c1cncc(C2CCCN(Cc3cnccn3)C2)n1. The van der Waals surface area contributed by atoms with Crippen LogP contribution in [0.25, 0.3) is 11.4 Å². The third kappa shape index (κ3) is 3.56. The fourth-order valence-electron chi connectivity index (χ4n) is 3.39. The monoisotopic (exact) mass is 335 g/mol. The maximum atomic E-state index is 4.86. The average Bonchev–Trinajstić information content (AvgIpc) is 3.09. The first-order valence-corrected chi connectivity index (χ1v) is 8.55. The number of likely N-dealkylation sites (tertiary alicyclic amines) is 1. The Hall–Kier alpha value is -2.67. The maximum Gasteiger partial charge on any atom is 0.107 e. The van der Waals surface area contributed by atoms with Gasteiger partial charge in [0.2, 0.25) is 0 Å². The Kier molecular flexibility index (Phi) is 4.47. The summed E-state index contributed by atoms with van der Waals surface area (Å²) < 4.78 is 1.97. The van der Waals surface area contributed by atoms with E-state index in [0.717, 1.165) is 55.3 Å². The predicted molar refractivity (Wildman–Crippen MR) is 93.5 cm³/mol. The molecule has 0 saturated carbocycles. The lowest BCUT2D eigenvalue weighted by atomic mass is 9.95. The summed E-state index contributed by atoms with van der Waals surface area (Å²) in [5.74, 6) is 0.395. The van der Waals surface area contributed by atoms with Gasteiger partial charge in [-0.25, -0.2) is 9.97 Å². The number of hydrogen-bond acceptors (Lipinski definition) is 6. The van der Waals surface area contributed by atoms with Crippen LogP contribution in [0.15, 0.2) is 43.5 Å². The van der Waals surface area contributed by atoms with Gasteiger partial charge in [-0.1, -0.05) is 0 Å². The number of hydrogen-bond donors (Lipinski definition) is 0. The second-order valence-electron chi connectivity index (χ2n) is 6.49. The Morgan fingerprint density at radius 1 is 1.08 bits per heavy atom. The molecule has 1 atom stereocenters. The van der Waals surface area contributed by atoms with Crippen LogP contribution in [0.4, 0.5) is 0 Å². The Morgan fingerprint density at radius 2 is 2.04 bits per heavy atom. The first-order valence-electron chi connectivity index (χ1n) is 8.55. The number of imidazole rings is 1. The van der Waals surface area contributed by atoms with Gasteiger partial charge in [-0.3, -0.25) is 19.9 Å². The maximum absolute atomic E-state index is 4.86. The minimum Gasteiger partial charge on any atom is -0.332 e. The topological polar surface area (TPSA) is 72.6 Å². The molecule has 4 heterocycles. The van der Waals surface area contributed by atoms with Crippen molar-refractivity contribution in [3.05, 3.63) is 54.9 Å². The van der Waals surface area contributed by atoms with Crippen LogP contribution < -0.4 is 0 Å². The Balaban J connectivity index is 1.51. The molecular formula is C18H21N7. The fourth-order valence-corrected chi connectivity index (χ4v) is 3.39. The van der Waals surface area contributed by atoms with Crippen LogP contribution in [-0.2, 0) is 13.6 Å². The molecule has 1 fully saturated rings. The van der Waals surface area contributed by atoms with Gasteiger partial charge in [-0.15, -0.1) is 0 Å². The molecule has 1 aliphatic rings. The zero-order valence-electron chi connectivity index (χ0n) is 14.3. The quantitative estimate of drug-likeness (QED) is 0.726. The largest absolute Gasteiger partial charge is 0.332 e. The van der Waals surface area contributed by atoms with E-state index >= 15 is 0 Å². The molecule has 0 N–H and O–H groups in total. The molecule has 0 radical (unpaired) electrons. The van der Waals surface area contributed by atoms with Crippen LogP contribution >= 0.6 is 0 Å². The molecule has 128 valence electrons. The van der Waals surface area contributed by atoms with E-state index in [-0.39, 0.29) is 0 Å². The second-order valence-corrected chi connectivity index (χ2v) is 6.49. The Labute approximate surface area is 146 Å². The molecule has 3 aromatic heterocycles. The van der Waals surface area contributed by atoms with Crippen LogP contribution in [0.5, 0.6) is 0 Å². The lowest BCUT2D eigenvalue weighted by Crippen LogP contribution is -2.34. The van der Waals surface area contributed by atoms with Crippen molar-refractivity contribution in [2.75, 3.05) is 13.1 Å². The third-order valence-corrected chi connectivity index (χ3v) is 4.66. The molecule has 4 rings (SSSR count). The summed E-state index contributed by atoms with van der Waals surface area (Å²) in [6, 6.07) is 0. The zero-order valence-corrected chi connectivity index (χ0v) is 14.3. The minimum absolute atomic E-state index is 0.395. The Bertz CT molecular complexity index is 830. The summed E-state index contributed by atoms with van der Waals surface area (Å²) in [5, 5.41) is 0. The molecule has 0 spiro atoms. The van der Waals surface area contributed by atoms with E-state index in [0.29, 0.717) is 5.92 Å². The van der Waals surface area contributed by atoms with E-state index in [9.17, 15) is 0 Å². The van der Waals surface area contributed by atoms with E-state index in [4.69, 9.17) is 4.98 Å². The lowest BCUT2D eigenvalue weighted by molar-refractivity contribution is 0.196. The highest BCUT2D eigenvalue weighted by atomic mass is 15.1. The van der Waals surface area contributed by atoms with Gasteiger partial charge < -0.3 is 4.57 Å². The van der Waals surface area contributed by atoms with Crippen LogP contribution in [0.3, 0.4) is 0 Å². The van der Waals surface area contributed by atoms with E-state index in [1.54, 1.807) is 24.9 Å². The summed E-state index contributed by atoms with van der Waals surface area (Å²) >= 11 is 0. The van der Waals surface area contributed by atoms with Crippen molar-refractivity contribution >= 4 is 0 Å². The Morgan fingerprint density at radius 3 is 2.84 bits per heavy atom. The van der Waals surface area contributed by atoms with Crippen LogP contribution in [0.2, 0.25) is 0 Å². The molecular weight excluding hydrogens is 314 g/mol. The van der Waals surface area contributed by atoms with Crippen LogP contribution in [0, 0.1) is 0 Å². The summed E-state index contributed by atoms with van der Waals surface area (Å²) in [6.45, 7) is 2.89. The van der Waals surface area contributed by atoms with E-state index in [2.05, 4.69) is 24.8 Å². The molecule has 1 saturated heterocycles. The zero-order chi connectivity index (χ0) is 17.1. The highest BCUT2D eigenvalue weighted by Gasteiger charge is 2.23. The van der Waals surface area contributed by atoms with Crippen LogP contribution in [0.1, 0.15) is 30.1 Å². The fraction of sp³-hybridized carbons (Fsp3) is 0.389. The van der Waals surface area contributed by atoms with Crippen molar-refractivity contribution in [1.29, 1.82) is 0 Å². The van der Waals surface area contributed by atoms with Crippen molar-refractivity contribution in [3.8, 4) is 11.4 Å². The summed E-state index contributed by atoms with van der Waals surface area (Å²) in [7, 11) is 1.97. The van der Waals surface area contributed by atoms with Crippen molar-refractivity contribution in [2.45, 2.75) is 25.3 Å². The summed E-state index contributed by atoms with van der Waals surface area (Å²) in [6.07, 6.45) is 14.9. The highest BCUT2D eigenvalue weighted by Crippen LogP contribution is 2.27. The smallest absolute Gasteiger partial charge is 0.107 e. The number of aryl methyl sites for hydroxylation is 1. The number of aromatic nitrogens is 6. The van der Waals surface area contributed by atoms with E-state index in [1.165, 1.54) is 0 Å². The van der Waals surface area contributed by atoms with Gasteiger partial charge in [-0.05, 0) is 19.4 Å². The third-order valence-electron chi connectivity index (χ3n) is 4.66. The van der Waals surface area contributed by atoms with Gasteiger partial charge in [0.15, 0.2) is 0 Å². The van der Waals surface area contributed by atoms with Gasteiger partial charge >= 0.3 is 0 Å². The van der Waals surface area contributed by atoms with E-state index in [1.807, 2.05) is 30.2 Å². The normalized spacial score (nSPS) is 18.4. The minimum atomic E-state index is 0.395. The molecule has 7 nitrogen and oxygen atoms in total. The number of nitrogens with zero attached hydrogens (tertiary/aromatic N) is 7. The van der Waals surface area contributed by atoms with Gasteiger partial charge in [0.25, 0.3) is 0 Å². The lowest BCUT2D eigenvalue weighted by Gasteiger charge is -2.32. The van der Waals surface area contributed by atoms with Crippen molar-refractivity contribution in [1.82, 2.24) is 34.4 Å². The molecule has 3 aromatic rings. The number of rotatable bonds is 4. The molecule has 1 unspecified atom stereocenters. The van der Waals surface area contributed by atoms with Gasteiger partial charge in [0.05, 0.1) is 35.8 Å². The molecule has 0 aliphatic carbocycles. The average molecular weight is 335 g/mol. The first kappa shape index (κ1) is 15.8.